The molecule has 0 aromatic heterocycles. The summed E-state index contributed by atoms with van der Waals surface area (Å²) in [6.45, 7) is -0.767. The average molecular weight is 499 g/mol. The van der Waals surface area contributed by atoms with Crippen LogP contribution < -0.4 is 10.2 Å². The van der Waals surface area contributed by atoms with Gasteiger partial charge in [-0.25, -0.2) is 4.79 Å². The maximum Gasteiger partial charge on any atom is 0.354 e. The molecule has 2 aliphatic heterocycles. The van der Waals surface area contributed by atoms with Crippen molar-refractivity contribution in [2.24, 2.45) is 0 Å². The van der Waals surface area contributed by atoms with E-state index < -0.39 is 34.8 Å². The quantitative estimate of drug-likeness (QED) is 0.367. The van der Waals surface area contributed by atoms with Gasteiger partial charge >= 0.3 is 5.97 Å². The number of halogens is 1. The van der Waals surface area contributed by atoms with Crippen molar-refractivity contribution in [3.05, 3.63) is 63.2 Å². The van der Waals surface area contributed by atoms with Crippen LogP contribution in [0.5, 0.6) is 0 Å². The molecule has 2 heterocycles. The number of benzene rings is 2. The molecule has 11 nitrogen and oxygen atoms in total. The molecular formula is C23H19ClN4O7. The van der Waals surface area contributed by atoms with Crippen molar-refractivity contribution in [3.8, 4) is 0 Å². The third-order valence-electron chi connectivity index (χ3n) is 6.30. The molecule has 12 heteroatoms. The smallest absolute Gasteiger partial charge is 0.354 e. The minimum atomic E-state index is -1.68. The Bertz CT molecular complexity index is 1290. The fourth-order valence-corrected chi connectivity index (χ4v) is 4.87. The van der Waals surface area contributed by atoms with Gasteiger partial charge in [-0.2, -0.15) is 0 Å². The lowest BCUT2D eigenvalue weighted by Crippen LogP contribution is -2.69. The molecule has 1 unspecified atom stereocenters. The van der Waals surface area contributed by atoms with Gasteiger partial charge in [-0.05, 0) is 37.1 Å². The highest BCUT2D eigenvalue weighted by Gasteiger charge is 2.64. The molecule has 1 atom stereocenters. The number of carbonyl (C=O) groups excluding carboxylic acids is 4. The standard InChI is InChI=1S/C23H19ClN4O7/c24-13-5-8-16(18(11-13)28(33)34)25-19(29)12-35-22(32)23-10-9-20(30)27(23)17-4-2-1-3-15(17)21(31)26(23)14-6-7-14/h1-5,8,11,14H,6-7,9-10,12H2,(H,25,29). The number of nitro groups is 1. The summed E-state index contributed by atoms with van der Waals surface area (Å²) >= 11 is 5.79. The lowest BCUT2D eigenvalue weighted by atomic mass is 9.96. The maximum atomic E-state index is 13.5. The number of anilines is 2. The number of para-hydroxylation sites is 1. The molecule has 2 aromatic rings. The number of fused-ring (bicyclic) bond motifs is 3. The highest BCUT2D eigenvalue weighted by atomic mass is 35.5. The first kappa shape index (κ1) is 22.8. The Morgan fingerprint density at radius 2 is 1.94 bits per heavy atom. The number of ether oxygens (including phenoxy) is 1. The number of hydrogen-bond acceptors (Lipinski definition) is 7. The van der Waals surface area contributed by atoms with Crippen molar-refractivity contribution in [3.63, 3.8) is 0 Å². The number of hydrogen-bond donors (Lipinski definition) is 1. The molecule has 1 aliphatic carbocycles. The first-order valence-corrected chi connectivity index (χ1v) is 11.3. The van der Waals surface area contributed by atoms with Crippen LogP contribution >= 0.6 is 11.6 Å². The van der Waals surface area contributed by atoms with Crippen LogP contribution in [0.15, 0.2) is 42.5 Å². The average Bonchev–Trinajstić information content (AvgIpc) is 3.60. The Morgan fingerprint density at radius 1 is 1.20 bits per heavy atom. The second-order valence-corrected chi connectivity index (χ2v) is 8.95. The van der Waals surface area contributed by atoms with Crippen molar-refractivity contribution in [2.75, 3.05) is 16.8 Å². The first-order chi connectivity index (χ1) is 16.7. The monoisotopic (exact) mass is 498 g/mol. The Labute approximate surface area is 203 Å². The van der Waals surface area contributed by atoms with Crippen LogP contribution in [0, 0.1) is 10.1 Å². The number of rotatable bonds is 6. The van der Waals surface area contributed by atoms with E-state index in [4.69, 9.17) is 16.3 Å². The molecule has 5 rings (SSSR count). The van der Waals surface area contributed by atoms with E-state index in [1.165, 1.54) is 21.9 Å². The van der Waals surface area contributed by atoms with E-state index in [0.29, 0.717) is 24.1 Å². The van der Waals surface area contributed by atoms with Gasteiger partial charge in [0.25, 0.3) is 17.5 Å². The highest BCUT2D eigenvalue weighted by Crippen LogP contribution is 2.49. The summed E-state index contributed by atoms with van der Waals surface area (Å²) in [4.78, 5) is 65.6. The van der Waals surface area contributed by atoms with Gasteiger partial charge in [-0.15, -0.1) is 0 Å². The molecule has 1 saturated heterocycles. The minimum Gasteiger partial charge on any atom is -0.452 e. The van der Waals surface area contributed by atoms with Gasteiger partial charge in [-0.1, -0.05) is 23.7 Å². The van der Waals surface area contributed by atoms with Crippen LogP contribution in [-0.2, 0) is 19.1 Å². The normalized spacial score (nSPS) is 20.8. The van der Waals surface area contributed by atoms with E-state index in [9.17, 15) is 29.3 Å². The Morgan fingerprint density at radius 3 is 2.66 bits per heavy atom. The van der Waals surface area contributed by atoms with Gasteiger partial charge in [0.2, 0.25) is 11.6 Å². The molecule has 2 fully saturated rings. The largest absolute Gasteiger partial charge is 0.452 e. The van der Waals surface area contributed by atoms with Crippen LogP contribution in [0.4, 0.5) is 17.1 Å². The summed E-state index contributed by atoms with van der Waals surface area (Å²) < 4.78 is 5.33. The zero-order valence-corrected chi connectivity index (χ0v) is 19.0. The summed E-state index contributed by atoms with van der Waals surface area (Å²) in [5, 5.41) is 13.7. The molecule has 0 spiro atoms. The first-order valence-electron chi connectivity index (χ1n) is 10.9. The van der Waals surface area contributed by atoms with Gasteiger partial charge in [0.15, 0.2) is 6.61 Å². The Balaban J connectivity index is 1.41. The van der Waals surface area contributed by atoms with E-state index in [2.05, 4.69) is 5.32 Å². The number of esters is 1. The van der Waals surface area contributed by atoms with Crippen molar-refractivity contribution >= 4 is 52.4 Å². The van der Waals surface area contributed by atoms with E-state index in [0.717, 1.165) is 6.07 Å². The van der Waals surface area contributed by atoms with Crippen molar-refractivity contribution in [1.29, 1.82) is 0 Å². The van der Waals surface area contributed by atoms with Gasteiger partial charge in [-0.3, -0.25) is 29.4 Å². The Kier molecular flexibility index (Phi) is 5.43. The third-order valence-corrected chi connectivity index (χ3v) is 6.54. The van der Waals surface area contributed by atoms with Gasteiger partial charge < -0.3 is 15.0 Å². The van der Waals surface area contributed by atoms with Crippen LogP contribution in [0.2, 0.25) is 5.02 Å². The van der Waals surface area contributed by atoms with E-state index >= 15 is 0 Å². The van der Waals surface area contributed by atoms with Crippen LogP contribution in [0.25, 0.3) is 0 Å². The number of carbonyl (C=O) groups is 4. The van der Waals surface area contributed by atoms with E-state index in [1.807, 2.05) is 0 Å². The fraction of sp³-hybridized carbons (Fsp3) is 0.304. The van der Waals surface area contributed by atoms with Crippen molar-refractivity contribution < 1.29 is 28.8 Å². The fourth-order valence-electron chi connectivity index (χ4n) is 4.71. The molecule has 3 aliphatic rings. The van der Waals surface area contributed by atoms with Crippen LogP contribution in [0.3, 0.4) is 0 Å². The molecule has 0 bridgehead atoms. The summed E-state index contributed by atoms with van der Waals surface area (Å²) in [6, 6.07) is 10.1. The molecule has 2 aromatic carbocycles. The van der Waals surface area contributed by atoms with Crippen LogP contribution in [-0.4, -0.2) is 51.8 Å². The molecule has 1 N–H and O–H groups in total. The van der Waals surface area contributed by atoms with Gasteiger partial charge in [0, 0.05) is 30.0 Å². The van der Waals surface area contributed by atoms with Gasteiger partial charge in [0.05, 0.1) is 16.2 Å². The predicted octanol–water partition coefficient (Wildman–Crippen LogP) is 2.87. The summed E-state index contributed by atoms with van der Waals surface area (Å²) in [5.74, 6) is -2.42. The number of amides is 3. The molecule has 35 heavy (non-hydrogen) atoms. The number of nitro benzene ring substituents is 1. The predicted molar refractivity (Wildman–Crippen MR) is 123 cm³/mol. The number of nitrogens with zero attached hydrogens (tertiary/aromatic N) is 3. The highest BCUT2D eigenvalue weighted by molar-refractivity contribution is 6.31. The van der Waals surface area contributed by atoms with Crippen molar-refractivity contribution in [1.82, 2.24) is 4.90 Å². The molecule has 180 valence electrons. The van der Waals surface area contributed by atoms with Crippen LogP contribution in [0.1, 0.15) is 36.0 Å². The SMILES string of the molecule is O=C(COC(=O)C12CCC(=O)N1c1ccccc1C(=O)N2C1CC1)Nc1ccc(Cl)cc1[N+](=O)[O-]. The molecule has 1 saturated carbocycles. The third kappa shape index (κ3) is 3.68. The lowest BCUT2D eigenvalue weighted by Gasteiger charge is -2.48. The maximum absolute atomic E-state index is 13.5. The Hall–Kier alpha value is -3.99. The zero-order valence-electron chi connectivity index (χ0n) is 18.2. The summed E-state index contributed by atoms with van der Waals surface area (Å²) in [6.07, 6.45) is 1.44. The second kappa shape index (κ2) is 8.35. The summed E-state index contributed by atoms with van der Waals surface area (Å²) in [5.41, 5.74) is -1.56. The molecule has 3 amide bonds. The summed E-state index contributed by atoms with van der Waals surface area (Å²) in [7, 11) is 0. The topological polar surface area (TPSA) is 139 Å². The van der Waals surface area contributed by atoms with Gasteiger partial charge in [0.1, 0.15) is 5.69 Å². The lowest BCUT2D eigenvalue weighted by molar-refractivity contribution is -0.383. The molecule has 0 radical (unpaired) electrons. The number of nitrogens with one attached hydrogen (secondary N) is 1. The zero-order chi connectivity index (χ0) is 24.9. The van der Waals surface area contributed by atoms with E-state index in [1.54, 1.807) is 24.3 Å². The van der Waals surface area contributed by atoms with E-state index in [-0.39, 0.29) is 41.4 Å². The second-order valence-electron chi connectivity index (χ2n) is 8.51. The molecular weight excluding hydrogens is 480 g/mol. The minimum absolute atomic E-state index is 0.0309. The van der Waals surface area contributed by atoms with Crippen molar-refractivity contribution in [2.45, 2.75) is 37.4 Å².